The summed E-state index contributed by atoms with van der Waals surface area (Å²) < 4.78 is 29.0. The van der Waals surface area contributed by atoms with E-state index in [0.29, 0.717) is 11.4 Å². The monoisotopic (exact) mass is 401 g/mol. The lowest BCUT2D eigenvalue weighted by Gasteiger charge is -2.18. The van der Waals surface area contributed by atoms with Gasteiger partial charge < -0.3 is 10.1 Å². The Morgan fingerprint density at radius 3 is 2.76 bits per heavy atom. The van der Waals surface area contributed by atoms with Crippen LogP contribution in [0.4, 0.5) is 11.5 Å². The van der Waals surface area contributed by atoms with Crippen molar-refractivity contribution in [2.24, 2.45) is 5.14 Å². The number of rotatable bonds is 6. The highest BCUT2D eigenvalue weighted by molar-refractivity contribution is 7.89. The van der Waals surface area contributed by atoms with Gasteiger partial charge >= 0.3 is 0 Å². The summed E-state index contributed by atoms with van der Waals surface area (Å²) in [5.41, 5.74) is 0.584. The minimum absolute atomic E-state index is 0.0398. The second-order valence-electron chi connectivity index (χ2n) is 4.85. The fourth-order valence-corrected chi connectivity index (χ4v) is 3.22. The molecule has 0 saturated carbocycles. The predicted octanol–water partition coefficient (Wildman–Crippen LogP) is 2.78. The van der Waals surface area contributed by atoms with Gasteiger partial charge in [-0.3, -0.25) is 0 Å². The molecule has 2 rings (SSSR count). The summed E-state index contributed by atoms with van der Waals surface area (Å²) in [6.07, 6.45) is 0.966. The van der Waals surface area contributed by atoms with Crippen molar-refractivity contribution < 1.29 is 13.2 Å². The lowest BCUT2D eigenvalue weighted by molar-refractivity contribution is 0.414. The number of anilines is 2. The molecule has 25 heavy (non-hydrogen) atoms. The van der Waals surface area contributed by atoms with Crippen molar-refractivity contribution in [1.82, 2.24) is 9.97 Å². The minimum atomic E-state index is -4.05. The van der Waals surface area contributed by atoms with Crippen LogP contribution in [0.2, 0.25) is 10.3 Å². The first-order valence-electron chi connectivity index (χ1n) is 6.77. The highest BCUT2D eigenvalue weighted by Crippen LogP contribution is 2.35. The van der Waals surface area contributed by atoms with Gasteiger partial charge in [-0.05, 0) is 35.4 Å². The number of primary sulfonamides is 1. The zero-order chi connectivity index (χ0) is 18.6. The standard InChI is InChI=1S/C14H13Cl2N5O3S/c1-24-8-2-3-11(20-13-10(15)7-19-14(16)21-13)9(6-8)12(4-5-17)25(18,22)23/h2-3,6-7,12H,4H2,1H3,(H2,18,22,23)(H,19,20,21). The molecule has 0 aliphatic rings. The zero-order valence-corrected chi connectivity index (χ0v) is 15.2. The Hall–Kier alpha value is -2.12. The second-order valence-corrected chi connectivity index (χ2v) is 7.35. The first kappa shape index (κ1) is 19.2. The number of nitriles is 1. The number of methoxy groups -OCH3 is 1. The van der Waals surface area contributed by atoms with E-state index in [1.165, 1.54) is 19.4 Å². The molecule has 1 unspecified atom stereocenters. The van der Waals surface area contributed by atoms with E-state index in [1.54, 1.807) is 12.1 Å². The fraction of sp³-hybridized carbons (Fsp3) is 0.214. The van der Waals surface area contributed by atoms with Gasteiger partial charge in [0.05, 0.1) is 25.8 Å². The average Bonchev–Trinajstić information content (AvgIpc) is 2.55. The van der Waals surface area contributed by atoms with E-state index in [1.807, 2.05) is 6.07 Å². The molecule has 0 amide bonds. The summed E-state index contributed by atoms with van der Waals surface area (Å²) in [6, 6.07) is 6.47. The normalized spacial score (nSPS) is 12.3. The molecule has 1 aromatic heterocycles. The molecule has 1 heterocycles. The fourth-order valence-electron chi connectivity index (χ4n) is 2.09. The van der Waals surface area contributed by atoms with E-state index in [4.69, 9.17) is 38.3 Å². The van der Waals surface area contributed by atoms with Gasteiger partial charge in [0.15, 0.2) is 5.82 Å². The van der Waals surface area contributed by atoms with Crippen LogP contribution in [0, 0.1) is 11.3 Å². The van der Waals surface area contributed by atoms with E-state index in [9.17, 15) is 8.42 Å². The van der Waals surface area contributed by atoms with Crippen LogP contribution in [-0.4, -0.2) is 25.5 Å². The first-order valence-corrected chi connectivity index (χ1v) is 9.14. The number of nitrogens with one attached hydrogen (secondary N) is 1. The smallest absolute Gasteiger partial charge is 0.224 e. The Morgan fingerprint density at radius 1 is 1.44 bits per heavy atom. The highest BCUT2D eigenvalue weighted by atomic mass is 35.5. The van der Waals surface area contributed by atoms with Crippen molar-refractivity contribution in [2.75, 3.05) is 12.4 Å². The predicted molar refractivity (Wildman–Crippen MR) is 94.4 cm³/mol. The molecular formula is C14H13Cl2N5O3S. The Bertz CT molecular complexity index is 931. The van der Waals surface area contributed by atoms with Crippen molar-refractivity contribution in [3.05, 3.63) is 40.3 Å². The van der Waals surface area contributed by atoms with E-state index in [-0.39, 0.29) is 28.1 Å². The Kier molecular flexibility index (Phi) is 6.02. The number of halogens is 2. The molecule has 1 atom stereocenters. The Balaban J connectivity index is 2.58. The van der Waals surface area contributed by atoms with E-state index in [2.05, 4.69) is 15.3 Å². The van der Waals surface area contributed by atoms with Crippen molar-refractivity contribution in [3.8, 4) is 11.8 Å². The summed E-state index contributed by atoms with van der Waals surface area (Å²) >= 11 is 11.8. The van der Waals surface area contributed by atoms with Crippen molar-refractivity contribution in [3.63, 3.8) is 0 Å². The first-order chi connectivity index (χ1) is 11.8. The molecule has 0 spiro atoms. The van der Waals surface area contributed by atoms with Crippen LogP contribution in [-0.2, 0) is 10.0 Å². The number of benzene rings is 1. The number of sulfonamides is 1. The van der Waals surface area contributed by atoms with Gasteiger partial charge in [-0.15, -0.1) is 0 Å². The van der Waals surface area contributed by atoms with E-state index in [0.717, 1.165) is 0 Å². The molecule has 0 bridgehead atoms. The molecule has 0 radical (unpaired) electrons. The number of hydrogen-bond donors (Lipinski definition) is 2. The SMILES string of the molecule is COc1ccc(Nc2nc(Cl)ncc2Cl)c(C(CC#N)S(N)(=O)=O)c1. The third-order valence-corrected chi connectivity index (χ3v) is 4.92. The molecular weight excluding hydrogens is 389 g/mol. The molecule has 8 nitrogen and oxygen atoms in total. The van der Waals surface area contributed by atoms with Gasteiger partial charge in [-0.2, -0.15) is 10.2 Å². The van der Waals surface area contributed by atoms with Crippen LogP contribution in [0.25, 0.3) is 0 Å². The van der Waals surface area contributed by atoms with Gasteiger partial charge in [-0.1, -0.05) is 11.6 Å². The highest BCUT2D eigenvalue weighted by Gasteiger charge is 2.27. The molecule has 0 saturated heterocycles. The quantitative estimate of drug-likeness (QED) is 0.710. The van der Waals surface area contributed by atoms with Crippen LogP contribution in [0.15, 0.2) is 24.4 Å². The molecule has 132 valence electrons. The van der Waals surface area contributed by atoms with Crippen LogP contribution < -0.4 is 15.2 Å². The second kappa shape index (κ2) is 7.84. The molecule has 0 aliphatic heterocycles. The summed E-state index contributed by atoms with van der Waals surface area (Å²) in [7, 11) is -2.61. The lowest BCUT2D eigenvalue weighted by atomic mass is 10.1. The molecule has 2 aromatic rings. The van der Waals surface area contributed by atoms with E-state index < -0.39 is 15.3 Å². The maximum Gasteiger partial charge on any atom is 0.224 e. The molecule has 3 N–H and O–H groups in total. The van der Waals surface area contributed by atoms with Crippen molar-refractivity contribution in [1.29, 1.82) is 5.26 Å². The molecule has 0 aliphatic carbocycles. The van der Waals surface area contributed by atoms with Gasteiger partial charge in [-0.25, -0.2) is 18.5 Å². The number of hydrogen-bond acceptors (Lipinski definition) is 7. The Labute approximate surface area is 154 Å². The van der Waals surface area contributed by atoms with Gasteiger partial charge in [0.25, 0.3) is 0 Å². The Morgan fingerprint density at radius 2 is 2.16 bits per heavy atom. The molecule has 1 aromatic carbocycles. The lowest BCUT2D eigenvalue weighted by Crippen LogP contribution is -2.22. The van der Waals surface area contributed by atoms with Gasteiger partial charge in [0, 0.05) is 5.69 Å². The number of ether oxygens (including phenoxy) is 1. The van der Waals surface area contributed by atoms with Gasteiger partial charge in [0.1, 0.15) is 16.0 Å². The summed E-state index contributed by atoms with van der Waals surface area (Å²) in [6.45, 7) is 0. The number of nitrogens with zero attached hydrogens (tertiary/aromatic N) is 3. The molecule has 0 fully saturated rings. The van der Waals surface area contributed by atoms with Crippen molar-refractivity contribution in [2.45, 2.75) is 11.7 Å². The average molecular weight is 402 g/mol. The maximum absolute atomic E-state index is 11.9. The summed E-state index contributed by atoms with van der Waals surface area (Å²) in [4.78, 5) is 7.69. The summed E-state index contributed by atoms with van der Waals surface area (Å²) in [5, 5.41) is 16.0. The maximum atomic E-state index is 11.9. The third-order valence-electron chi connectivity index (χ3n) is 3.25. The topological polar surface area (TPSA) is 131 Å². The molecule has 11 heteroatoms. The number of aromatic nitrogens is 2. The zero-order valence-electron chi connectivity index (χ0n) is 12.9. The third kappa shape index (κ3) is 4.70. The minimum Gasteiger partial charge on any atom is -0.497 e. The van der Waals surface area contributed by atoms with Crippen LogP contribution in [0.3, 0.4) is 0 Å². The largest absolute Gasteiger partial charge is 0.497 e. The van der Waals surface area contributed by atoms with Crippen LogP contribution in [0.5, 0.6) is 5.75 Å². The van der Waals surface area contributed by atoms with Gasteiger partial charge in [0.2, 0.25) is 15.3 Å². The number of nitrogens with two attached hydrogens (primary N) is 1. The van der Waals surface area contributed by atoms with Crippen molar-refractivity contribution >= 4 is 44.7 Å². The van der Waals surface area contributed by atoms with Crippen LogP contribution >= 0.6 is 23.2 Å². The van der Waals surface area contributed by atoms with E-state index >= 15 is 0 Å². The summed E-state index contributed by atoms with van der Waals surface area (Å²) in [5.74, 6) is 0.581. The van der Waals surface area contributed by atoms with Crippen LogP contribution in [0.1, 0.15) is 17.2 Å².